The van der Waals surface area contributed by atoms with E-state index in [-0.39, 0.29) is 10.6 Å². The summed E-state index contributed by atoms with van der Waals surface area (Å²) in [5.74, 6) is 1.93. The number of carboxylic acids is 1. The number of pyridine rings is 1. The minimum Gasteiger partial charge on any atom is -0.478 e. The van der Waals surface area contributed by atoms with Crippen molar-refractivity contribution in [2.24, 2.45) is 0 Å². The van der Waals surface area contributed by atoms with E-state index in [9.17, 15) is 4.79 Å². The number of aromatic nitrogens is 1. The molecule has 1 aromatic rings. The van der Waals surface area contributed by atoms with Crippen LogP contribution in [0.1, 0.15) is 23.2 Å². The van der Waals surface area contributed by atoms with Gasteiger partial charge in [0, 0.05) is 19.2 Å². The normalized spacial score (nSPS) is 9.50. The van der Waals surface area contributed by atoms with Gasteiger partial charge in [0.05, 0.1) is 10.6 Å². The van der Waals surface area contributed by atoms with E-state index in [1.807, 2.05) is 0 Å². The van der Waals surface area contributed by atoms with Crippen molar-refractivity contribution in [2.45, 2.75) is 12.8 Å². The van der Waals surface area contributed by atoms with Crippen LogP contribution in [0.4, 0.5) is 5.82 Å². The second kappa shape index (κ2) is 5.99. The number of nitrogens with one attached hydrogen (secondary N) is 1. The van der Waals surface area contributed by atoms with E-state index in [0.717, 1.165) is 6.42 Å². The molecule has 0 saturated carbocycles. The Labute approximate surface area is 98.6 Å². The summed E-state index contributed by atoms with van der Waals surface area (Å²) in [6, 6.07) is 1.40. The highest BCUT2D eigenvalue weighted by molar-refractivity contribution is 6.33. The van der Waals surface area contributed by atoms with Gasteiger partial charge in [-0.3, -0.25) is 0 Å². The number of carbonyl (C=O) groups is 1. The van der Waals surface area contributed by atoms with Gasteiger partial charge in [-0.2, -0.15) is 0 Å². The fraction of sp³-hybridized carbons (Fsp3) is 0.273. The molecule has 0 aliphatic carbocycles. The van der Waals surface area contributed by atoms with E-state index >= 15 is 0 Å². The Balaban J connectivity index is 2.65. The van der Waals surface area contributed by atoms with Crippen LogP contribution in [0, 0.1) is 12.3 Å². The highest BCUT2D eigenvalue weighted by Gasteiger charge is 2.09. The van der Waals surface area contributed by atoms with Gasteiger partial charge in [0.15, 0.2) is 0 Å². The first-order valence-corrected chi connectivity index (χ1v) is 5.09. The summed E-state index contributed by atoms with van der Waals surface area (Å²) < 4.78 is 0. The van der Waals surface area contributed by atoms with E-state index in [1.165, 1.54) is 12.3 Å². The molecule has 0 bridgehead atoms. The van der Waals surface area contributed by atoms with Crippen LogP contribution in [0.3, 0.4) is 0 Å². The molecule has 5 heteroatoms. The van der Waals surface area contributed by atoms with Crippen molar-refractivity contribution in [2.75, 3.05) is 11.9 Å². The average molecular weight is 239 g/mol. The minimum absolute atomic E-state index is 0.0381. The van der Waals surface area contributed by atoms with E-state index in [0.29, 0.717) is 18.8 Å². The Morgan fingerprint density at radius 2 is 2.44 bits per heavy atom. The monoisotopic (exact) mass is 238 g/mol. The predicted molar refractivity (Wildman–Crippen MR) is 62.8 cm³/mol. The maximum atomic E-state index is 10.8. The van der Waals surface area contributed by atoms with Gasteiger partial charge in [0.1, 0.15) is 5.82 Å². The van der Waals surface area contributed by atoms with Gasteiger partial charge in [-0.25, -0.2) is 9.78 Å². The Morgan fingerprint density at radius 1 is 1.69 bits per heavy atom. The fourth-order valence-corrected chi connectivity index (χ4v) is 1.29. The van der Waals surface area contributed by atoms with Crippen molar-refractivity contribution in [3.05, 3.63) is 22.8 Å². The molecular formula is C11H11ClN2O2. The smallest absolute Gasteiger partial charge is 0.337 e. The molecule has 0 aromatic carbocycles. The number of hydrogen-bond acceptors (Lipinski definition) is 3. The molecule has 0 amide bonds. The Hall–Kier alpha value is -1.73. The van der Waals surface area contributed by atoms with Crippen molar-refractivity contribution in [1.82, 2.24) is 4.98 Å². The SMILES string of the molecule is C#CCCCNc1cc(C(=O)O)c(Cl)cn1. The van der Waals surface area contributed by atoms with Crippen molar-refractivity contribution < 1.29 is 9.90 Å². The standard InChI is InChI=1S/C11H11ClN2O2/c1-2-3-4-5-13-10-6-8(11(15)16)9(12)7-14-10/h1,6-7H,3-5H2,(H,13,14)(H,15,16). The van der Waals surface area contributed by atoms with Crippen LogP contribution in [0.15, 0.2) is 12.3 Å². The molecule has 0 saturated heterocycles. The van der Waals surface area contributed by atoms with Crippen LogP contribution >= 0.6 is 11.6 Å². The van der Waals surface area contributed by atoms with Crippen LogP contribution in [0.2, 0.25) is 5.02 Å². The number of hydrogen-bond donors (Lipinski definition) is 2. The zero-order valence-corrected chi connectivity index (χ0v) is 9.29. The lowest BCUT2D eigenvalue weighted by atomic mass is 10.2. The van der Waals surface area contributed by atoms with Gasteiger partial charge >= 0.3 is 5.97 Å². The first kappa shape index (κ1) is 12.3. The minimum atomic E-state index is -1.07. The van der Waals surface area contributed by atoms with Gasteiger partial charge in [-0.1, -0.05) is 11.6 Å². The number of halogens is 1. The van der Waals surface area contributed by atoms with Gasteiger partial charge in [0.25, 0.3) is 0 Å². The van der Waals surface area contributed by atoms with Crippen molar-refractivity contribution in [1.29, 1.82) is 0 Å². The van der Waals surface area contributed by atoms with Crippen molar-refractivity contribution in [3.8, 4) is 12.3 Å². The highest BCUT2D eigenvalue weighted by Crippen LogP contribution is 2.17. The third-order valence-corrected chi connectivity index (χ3v) is 2.19. The number of nitrogens with zero attached hydrogens (tertiary/aromatic N) is 1. The van der Waals surface area contributed by atoms with E-state index < -0.39 is 5.97 Å². The van der Waals surface area contributed by atoms with E-state index in [2.05, 4.69) is 16.2 Å². The fourth-order valence-electron chi connectivity index (χ4n) is 1.11. The molecule has 0 atom stereocenters. The first-order chi connectivity index (χ1) is 7.65. The third kappa shape index (κ3) is 3.44. The number of unbranched alkanes of at least 4 members (excludes halogenated alkanes) is 1. The largest absolute Gasteiger partial charge is 0.478 e. The van der Waals surface area contributed by atoms with Gasteiger partial charge in [-0.15, -0.1) is 12.3 Å². The lowest BCUT2D eigenvalue weighted by Gasteiger charge is -2.05. The summed E-state index contributed by atoms with van der Waals surface area (Å²) in [7, 11) is 0. The number of aromatic carboxylic acids is 1. The molecule has 2 N–H and O–H groups in total. The topological polar surface area (TPSA) is 62.2 Å². The van der Waals surface area contributed by atoms with Crippen LogP contribution in [0.25, 0.3) is 0 Å². The average Bonchev–Trinajstić information content (AvgIpc) is 2.26. The van der Waals surface area contributed by atoms with Gasteiger partial charge < -0.3 is 10.4 Å². The zero-order chi connectivity index (χ0) is 12.0. The highest BCUT2D eigenvalue weighted by atomic mass is 35.5. The third-order valence-electron chi connectivity index (χ3n) is 1.89. The van der Waals surface area contributed by atoms with Crippen LogP contribution < -0.4 is 5.32 Å². The second-order valence-electron chi connectivity index (χ2n) is 3.09. The summed E-state index contributed by atoms with van der Waals surface area (Å²) in [5.41, 5.74) is 0.0381. The second-order valence-corrected chi connectivity index (χ2v) is 3.50. The van der Waals surface area contributed by atoms with Crippen molar-refractivity contribution in [3.63, 3.8) is 0 Å². The number of carboxylic acid groups (broad SMARTS) is 1. The molecule has 0 aliphatic rings. The summed E-state index contributed by atoms with van der Waals surface area (Å²) in [4.78, 5) is 14.7. The predicted octanol–water partition coefficient (Wildman–Crippen LogP) is 2.26. The van der Waals surface area contributed by atoms with Gasteiger partial charge in [0.2, 0.25) is 0 Å². The van der Waals surface area contributed by atoms with Crippen LogP contribution in [0.5, 0.6) is 0 Å². The maximum Gasteiger partial charge on any atom is 0.337 e. The quantitative estimate of drug-likeness (QED) is 0.610. The van der Waals surface area contributed by atoms with Crippen LogP contribution in [-0.4, -0.2) is 22.6 Å². The molecule has 4 nitrogen and oxygen atoms in total. The number of rotatable bonds is 5. The zero-order valence-electron chi connectivity index (χ0n) is 8.53. The molecule has 84 valence electrons. The van der Waals surface area contributed by atoms with Crippen LogP contribution in [-0.2, 0) is 0 Å². The summed E-state index contributed by atoms with van der Waals surface area (Å²) >= 11 is 5.68. The molecule has 1 rings (SSSR count). The molecule has 0 aliphatic heterocycles. The lowest BCUT2D eigenvalue weighted by Crippen LogP contribution is -2.05. The summed E-state index contributed by atoms with van der Waals surface area (Å²) in [6.07, 6.45) is 7.90. The van der Waals surface area contributed by atoms with Crippen molar-refractivity contribution >= 4 is 23.4 Å². The van der Waals surface area contributed by atoms with Gasteiger partial charge in [-0.05, 0) is 12.5 Å². The Kier molecular flexibility index (Phi) is 4.62. The first-order valence-electron chi connectivity index (χ1n) is 4.71. The maximum absolute atomic E-state index is 10.8. The number of anilines is 1. The molecule has 0 fully saturated rings. The molecule has 1 heterocycles. The van der Waals surface area contributed by atoms with E-state index in [4.69, 9.17) is 23.1 Å². The lowest BCUT2D eigenvalue weighted by molar-refractivity contribution is 0.0697. The summed E-state index contributed by atoms with van der Waals surface area (Å²) in [5, 5.41) is 11.9. The molecule has 0 unspecified atom stereocenters. The molecule has 16 heavy (non-hydrogen) atoms. The molecule has 0 spiro atoms. The molecule has 1 aromatic heterocycles. The Bertz CT molecular complexity index is 426. The molecular weight excluding hydrogens is 228 g/mol. The Morgan fingerprint density at radius 3 is 3.06 bits per heavy atom. The molecule has 0 radical (unpaired) electrons. The summed E-state index contributed by atoms with van der Waals surface area (Å²) in [6.45, 7) is 0.651. The van der Waals surface area contributed by atoms with E-state index in [1.54, 1.807) is 0 Å². The number of terminal acetylenes is 1.